The van der Waals surface area contributed by atoms with Crippen molar-refractivity contribution in [2.24, 2.45) is 0 Å². The highest BCUT2D eigenvalue weighted by molar-refractivity contribution is 5.64. The molecule has 0 radical (unpaired) electrons. The van der Waals surface area contributed by atoms with Crippen LogP contribution in [-0.2, 0) is 4.74 Å². The van der Waals surface area contributed by atoms with Gasteiger partial charge < -0.3 is 20.5 Å². The van der Waals surface area contributed by atoms with E-state index in [1.54, 1.807) is 7.11 Å². The molecular formula is C10H20N2O3. The van der Waals surface area contributed by atoms with Crippen molar-refractivity contribution in [3.05, 3.63) is 0 Å². The topological polar surface area (TPSA) is 70.6 Å². The van der Waals surface area contributed by atoms with Gasteiger partial charge in [0.2, 0.25) is 0 Å². The van der Waals surface area contributed by atoms with Crippen LogP contribution in [0.4, 0.5) is 4.79 Å². The maximum atomic E-state index is 10.4. The third kappa shape index (κ3) is 4.99. The molecule has 0 atom stereocenters. The van der Waals surface area contributed by atoms with Gasteiger partial charge in [-0.25, -0.2) is 4.79 Å². The fourth-order valence-electron chi connectivity index (χ4n) is 1.98. The molecule has 0 spiro atoms. The molecule has 0 aromatic carbocycles. The number of amides is 1. The highest BCUT2D eigenvalue weighted by Crippen LogP contribution is 2.18. The van der Waals surface area contributed by atoms with Crippen LogP contribution < -0.4 is 10.6 Å². The van der Waals surface area contributed by atoms with Crippen LogP contribution in [0.2, 0.25) is 0 Å². The smallest absolute Gasteiger partial charge is 0.404 e. The molecule has 1 saturated carbocycles. The van der Waals surface area contributed by atoms with Gasteiger partial charge in [0.1, 0.15) is 0 Å². The molecule has 15 heavy (non-hydrogen) atoms. The maximum Gasteiger partial charge on any atom is 0.404 e. The molecule has 1 aliphatic rings. The van der Waals surface area contributed by atoms with Crippen molar-refractivity contribution in [2.75, 3.05) is 20.3 Å². The molecule has 5 nitrogen and oxygen atoms in total. The molecule has 0 aromatic rings. The molecule has 0 saturated heterocycles. The number of methoxy groups -OCH3 is 1. The van der Waals surface area contributed by atoms with Crippen molar-refractivity contribution < 1.29 is 14.6 Å². The number of carboxylic acid groups (broad SMARTS) is 1. The number of hydrogen-bond acceptors (Lipinski definition) is 3. The second-order valence-electron chi connectivity index (χ2n) is 3.94. The summed E-state index contributed by atoms with van der Waals surface area (Å²) in [5.41, 5.74) is 0. The van der Waals surface area contributed by atoms with Gasteiger partial charge >= 0.3 is 6.09 Å². The lowest BCUT2D eigenvalue weighted by Crippen LogP contribution is -2.42. The molecule has 0 unspecified atom stereocenters. The van der Waals surface area contributed by atoms with E-state index in [0.29, 0.717) is 6.04 Å². The van der Waals surface area contributed by atoms with Crippen LogP contribution in [0.5, 0.6) is 0 Å². The zero-order valence-electron chi connectivity index (χ0n) is 9.16. The van der Waals surface area contributed by atoms with Crippen molar-refractivity contribution in [1.29, 1.82) is 0 Å². The normalized spacial score (nSPS) is 26.2. The van der Waals surface area contributed by atoms with Gasteiger partial charge in [0.05, 0.1) is 6.61 Å². The molecule has 5 heteroatoms. The van der Waals surface area contributed by atoms with Crippen LogP contribution in [-0.4, -0.2) is 43.5 Å². The van der Waals surface area contributed by atoms with Gasteiger partial charge in [-0.3, -0.25) is 0 Å². The summed E-state index contributed by atoms with van der Waals surface area (Å²) in [5, 5.41) is 14.5. The fourth-order valence-corrected chi connectivity index (χ4v) is 1.98. The summed E-state index contributed by atoms with van der Waals surface area (Å²) in [6, 6.07) is 0.662. The lowest BCUT2D eigenvalue weighted by Gasteiger charge is -2.28. The lowest BCUT2D eigenvalue weighted by molar-refractivity contribution is 0.179. The first kappa shape index (κ1) is 12.3. The molecule has 3 N–H and O–H groups in total. The summed E-state index contributed by atoms with van der Waals surface area (Å²) in [6.45, 7) is 1.60. The van der Waals surface area contributed by atoms with E-state index < -0.39 is 6.09 Å². The molecular weight excluding hydrogens is 196 g/mol. The van der Waals surface area contributed by atoms with E-state index in [9.17, 15) is 4.79 Å². The van der Waals surface area contributed by atoms with Crippen molar-refractivity contribution >= 4 is 6.09 Å². The summed E-state index contributed by atoms with van der Waals surface area (Å²) in [6.07, 6.45) is 3.02. The van der Waals surface area contributed by atoms with E-state index in [4.69, 9.17) is 9.84 Å². The number of hydrogen-bond donors (Lipinski definition) is 3. The van der Waals surface area contributed by atoms with Gasteiger partial charge in [-0.05, 0) is 25.7 Å². The van der Waals surface area contributed by atoms with E-state index in [1.807, 2.05) is 0 Å². The first-order valence-corrected chi connectivity index (χ1v) is 5.44. The van der Waals surface area contributed by atoms with E-state index in [-0.39, 0.29) is 6.04 Å². The van der Waals surface area contributed by atoms with Crippen molar-refractivity contribution in [3.63, 3.8) is 0 Å². The Hall–Kier alpha value is -0.810. The Balaban J connectivity index is 2.10. The quantitative estimate of drug-likeness (QED) is 0.594. The Labute approximate surface area is 90.2 Å². The molecule has 0 heterocycles. The first-order valence-electron chi connectivity index (χ1n) is 5.44. The Morgan fingerprint density at radius 3 is 2.47 bits per heavy atom. The predicted octanol–water partition coefficient (Wildman–Crippen LogP) is 0.801. The van der Waals surface area contributed by atoms with Crippen LogP contribution in [0.1, 0.15) is 25.7 Å². The first-order chi connectivity index (χ1) is 7.22. The highest BCUT2D eigenvalue weighted by Gasteiger charge is 2.21. The largest absolute Gasteiger partial charge is 0.465 e. The SMILES string of the molecule is COCCN[C@H]1CC[C@H](NC(=O)O)CC1. The predicted molar refractivity (Wildman–Crippen MR) is 57.1 cm³/mol. The molecule has 0 aliphatic heterocycles. The van der Waals surface area contributed by atoms with Gasteiger partial charge in [-0.15, -0.1) is 0 Å². The van der Waals surface area contributed by atoms with Crippen LogP contribution in [0.15, 0.2) is 0 Å². The minimum Gasteiger partial charge on any atom is -0.465 e. The minimum absolute atomic E-state index is 0.142. The average Bonchev–Trinajstić information content (AvgIpc) is 2.20. The van der Waals surface area contributed by atoms with Crippen LogP contribution in [0, 0.1) is 0 Å². The summed E-state index contributed by atoms with van der Waals surface area (Å²) in [4.78, 5) is 10.4. The molecule has 0 bridgehead atoms. The molecule has 0 aromatic heterocycles. The van der Waals surface area contributed by atoms with Crippen molar-refractivity contribution in [3.8, 4) is 0 Å². The summed E-state index contributed by atoms with van der Waals surface area (Å²) in [5.74, 6) is 0. The molecule has 1 rings (SSSR count). The molecule has 88 valence electrons. The fraction of sp³-hybridized carbons (Fsp3) is 0.900. The van der Waals surface area contributed by atoms with Gasteiger partial charge in [-0.1, -0.05) is 0 Å². The highest BCUT2D eigenvalue weighted by atomic mass is 16.5. The van der Waals surface area contributed by atoms with Crippen molar-refractivity contribution in [2.45, 2.75) is 37.8 Å². The number of ether oxygens (including phenoxy) is 1. The Kier molecular flexibility index (Phi) is 5.42. The minimum atomic E-state index is -0.911. The van der Waals surface area contributed by atoms with Crippen molar-refractivity contribution in [1.82, 2.24) is 10.6 Å². The number of nitrogens with one attached hydrogen (secondary N) is 2. The molecule has 1 aliphatic carbocycles. The lowest BCUT2D eigenvalue weighted by atomic mass is 9.91. The van der Waals surface area contributed by atoms with E-state index >= 15 is 0 Å². The average molecular weight is 216 g/mol. The summed E-state index contributed by atoms with van der Waals surface area (Å²) < 4.78 is 4.95. The zero-order valence-corrected chi connectivity index (χ0v) is 9.16. The number of carbonyl (C=O) groups is 1. The molecule has 1 fully saturated rings. The van der Waals surface area contributed by atoms with Crippen LogP contribution in [0.3, 0.4) is 0 Å². The Morgan fingerprint density at radius 2 is 1.93 bits per heavy atom. The van der Waals surface area contributed by atoms with E-state index in [2.05, 4.69) is 10.6 Å². The van der Waals surface area contributed by atoms with Gasteiger partial charge in [0.25, 0.3) is 0 Å². The number of rotatable bonds is 5. The van der Waals surface area contributed by atoms with Crippen LogP contribution >= 0.6 is 0 Å². The Bertz CT molecular complexity index is 191. The third-order valence-electron chi connectivity index (χ3n) is 2.79. The van der Waals surface area contributed by atoms with Gasteiger partial charge in [0.15, 0.2) is 0 Å². The third-order valence-corrected chi connectivity index (χ3v) is 2.79. The molecule has 1 amide bonds. The summed E-state index contributed by atoms with van der Waals surface area (Å²) >= 11 is 0. The van der Waals surface area contributed by atoms with Crippen LogP contribution in [0.25, 0.3) is 0 Å². The summed E-state index contributed by atoms with van der Waals surface area (Å²) in [7, 11) is 1.69. The van der Waals surface area contributed by atoms with Gasteiger partial charge in [-0.2, -0.15) is 0 Å². The Morgan fingerprint density at radius 1 is 1.33 bits per heavy atom. The standard InChI is InChI=1S/C10H20N2O3/c1-15-7-6-11-8-2-4-9(5-3-8)12-10(13)14/h8-9,11-12H,2-7H2,1H3,(H,13,14)/t8-,9-. The van der Waals surface area contributed by atoms with E-state index in [0.717, 1.165) is 38.8 Å². The second-order valence-corrected chi connectivity index (χ2v) is 3.94. The maximum absolute atomic E-state index is 10.4. The van der Waals surface area contributed by atoms with E-state index in [1.165, 1.54) is 0 Å². The van der Waals surface area contributed by atoms with Gasteiger partial charge in [0, 0.05) is 25.7 Å². The zero-order chi connectivity index (χ0) is 11.1. The monoisotopic (exact) mass is 216 g/mol. The second kappa shape index (κ2) is 6.63.